The molecule has 1 unspecified atom stereocenters. The number of hydrogen-bond acceptors (Lipinski definition) is 3. The molecule has 0 aromatic rings. The molecule has 2 fully saturated rings. The fourth-order valence-corrected chi connectivity index (χ4v) is 2.26. The van der Waals surface area contributed by atoms with Gasteiger partial charge >= 0.3 is 0 Å². The summed E-state index contributed by atoms with van der Waals surface area (Å²) in [6.45, 7) is 6.68. The molecule has 4 heteroatoms. The van der Waals surface area contributed by atoms with Gasteiger partial charge in [0.25, 0.3) is 0 Å². The third-order valence-corrected chi connectivity index (χ3v) is 3.09. The first kappa shape index (κ1) is 9.93. The molecule has 4 nitrogen and oxygen atoms in total. The van der Waals surface area contributed by atoms with Crippen LogP contribution in [0.1, 0.15) is 13.3 Å². The van der Waals surface area contributed by atoms with Gasteiger partial charge in [0.1, 0.15) is 0 Å². The summed E-state index contributed by atoms with van der Waals surface area (Å²) in [6.07, 6.45) is 1.01. The van der Waals surface area contributed by atoms with Crippen molar-refractivity contribution in [1.29, 1.82) is 0 Å². The van der Waals surface area contributed by atoms with Crippen LogP contribution < -0.4 is 10.6 Å². The van der Waals surface area contributed by atoms with E-state index >= 15 is 0 Å². The number of nitrogens with zero attached hydrogens (tertiary/aromatic N) is 1. The predicted octanol–water partition coefficient (Wildman–Crippen LogP) is -0.584. The maximum Gasteiger partial charge on any atom is 0.227 e. The summed E-state index contributed by atoms with van der Waals surface area (Å²) in [6, 6.07) is 0.446. The van der Waals surface area contributed by atoms with Crippen LogP contribution in [0.4, 0.5) is 0 Å². The summed E-state index contributed by atoms with van der Waals surface area (Å²) in [4.78, 5) is 14.0. The summed E-state index contributed by atoms with van der Waals surface area (Å²) in [5.41, 5.74) is 0. The number of amides is 1. The van der Waals surface area contributed by atoms with Crippen molar-refractivity contribution in [2.75, 3.05) is 32.7 Å². The fourth-order valence-electron chi connectivity index (χ4n) is 2.26. The zero-order valence-corrected chi connectivity index (χ0v) is 8.75. The summed E-state index contributed by atoms with van der Waals surface area (Å²) < 4.78 is 0. The Labute approximate surface area is 85.0 Å². The zero-order chi connectivity index (χ0) is 9.97. The SMILES string of the molecule is CC1CN(C(=O)[C@@H]2CCNC2)CCN1. The minimum atomic E-state index is 0.236. The van der Waals surface area contributed by atoms with Gasteiger partial charge in [-0.25, -0.2) is 0 Å². The molecule has 2 aliphatic heterocycles. The number of hydrogen-bond donors (Lipinski definition) is 2. The van der Waals surface area contributed by atoms with Crippen molar-refractivity contribution in [3.05, 3.63) is 0 Å². The molecule has 0 bridgehead atoms. The number of rotatable bonds is 1. The van der Waals surface area contributed by atoms with E-state index in [2.05, 4.69) is 17.6 Å². The number of carbonyl (C=O) groups excluding carboxylic acids is 1. The first-order valence-corrected chi connectivity index (χ1v) is 5.50. The van der Waals surface area contributed by atoms with Gasteiger partial charge in [-0.15, -0.1) is 0 Å². The average molecular weight is 197 g/mol. The third-order valence-electron chi connectivity index (χ3n) is 3.09. The lowest BCUT2D eigenvalue weighted by Crippen LogP contribution is -2.53. The second kappa shape index (κ2) is 4.28. The van der Waals surface area contributed by atoms with E-state index in [1.165, 1.54) is 0 Å². The first-order valence-electron chi connectivity index (χ1n) is 5.50. The Balaban J connectivity index is 1.89. The van der Waals surface area contributed by atoms with Crippen molar-refractivity contribution in [2.24, 2.45) is 5.92 Å². The lowest BCUT2D eigenvalue weighted by Gasteiger charge is -2.33. The van der Waals surface area contributed by atoms with Gasteiger partial charge in [-0.1, -0.05) is 0 Å². The highest BCUT2D eigenvalue weighted by Crippen LogP contribution is 2.12. The van der Waals surface area contributed by atoms with E-state index in [0.29, 0.717) is 11.9 Å². The molecule has 2 saturated heterocycles. The van der Waals surface area contributed by atoms with Crippen LogP contribution in [0.25, 0.3) is 0 Å². The molecule has 0 saturated carbocycles. The van der Waals surface area contributed by atoms with Gasteiger partial charge < -0.3 is 15.5 Å². The predicted molar refractivity (Wildman–Crippen MR) is 55.0 cm³/mol. The van der Waals surface area contributed by atoms with Crippen LogP contribution in [0.3, 0.4) is 0 Å². The van der Waals surface area contributed by atoms with Crippen LogP contribution >= 0.6 is 0 Å². The first-order chi connectivity index (χ1) is 6.77. The molecule has 2 heterocycles. The Kier molecular flexibility index (Phi) is 3.03. The Morgan fingerprint density at radius 1 is 1.43 bits per heavy atom. The Hall–Kier alpha value is -0.610. The normalized spacial score (nSPS) is 33.4. The molecule has 2 atom stereocenters. The maximum absolute atomic E-state index is 12.0. The van der Waals surface area contributed by atoms with Crippen molar-refractivity contribution >= 4 is 5.91 Å². The molecular weight excluding hydrogens is 178 g/mol. The highest BCUT2D eigenvalue weighted by molar-refractivity contribution is 5.79. The summed E-state index contributed by atoms with van der Waals surface area (Å²) in [7, 11) is 0. The van der Waals surface area contributed by atoms with Crippen molar-refractivity contribution in [2.45, 2.75) is 19.4 Å². The highest BCUT2D eigenvalue weighted by Gasteiger charge is 2.29. The van der Waals surface area contributed by atoms with Crippen molar-refractivity contribution in [1.82, 2.24) is 15.5 Å². The quantitative estimate of drug-likeness (QED) is 0.591. The molecule has 80 valence electrons. The Morgan fingerprint density at radius 3 is 2.93 bits per heavy atom. The summed E-state index contributed by atoms with van der Waals surface area (Å²) >= 11 is 0. The van der Waals surface area contributed by atoms with E-state index in [-0.39, 0.29) is 5.92 Å². The molecule has 2 rings (SSSR count). The van der Waals surface area contributed by atoms with Crippen molar-refractivity contribution < 1.29 is 4.79 Å². The molecule has 0 aromatic carbocycles. The molecule has 2 aliphatic rings. The molecule has 14 heavy (non-hydrogen) atoms. The van der Waals surface area contributed by atoms with Gasteiger partial charge in [0.2, 0.25) is 5.91 Å². The van der Waals surface area contributed by atoms with E-state index in [1.54, 1.807) is 0 Å². The Morgan fingerprint density at radius 2 is 2.29 bits per heavy atom. The summed E-state index contributed by atoms with van der Waals surface area (Å²) in [5, 5.41) is 6.59. The van der Waals surface area contributed by atoms with Gasteiger partial charge in [-0.2, -0.15) is 0 Å². The average Bonchev–Trinajstić information content (AvgIpc) is 2.69. The van der Waals surface area contributed by atoms with Crippen LogP contribution in [0, 0.1) is 5.92 Å². The van der Waals surface area contributed by atoms with E-state index in [0.717, 1.165) is 39.1 Å². The minimum absolute atomic E-state index is 0.236. The number of piperazine rings is 1. The lowest BCUT2D eigenvalue weighted by atomic mass is 10.1. The van der Waals surface area contributed by atoms with Crippen molar-refractivity contribution in [3.63, 3.8) is 0 Å². The van der Waals surface area contributed by atoms with Crippen LogP contribution in [0.15, 0.2) is 0 Å². The lowest BCUT2D eigenvalue weighted by molar-refractivity contribution is -0.136. The monoisotopic (exact) mass is 197 g/mol. The minimum Gasteiger partial charge on any atom is -0.340 e. The van der Waals surface area contributed by atoms with Gasteiger partial charge in [0, 0.05) is 32.2 Å². The van der Waals surface area contributed by atoms with Crippen LogP contribution in [0.2, 0.25) is 0 Å². The van der Waals surface area contributed by atoms with Crippen LogP contribution in [-0.4, -0.2) is 49.6 Å². The molecule has 2 N–H and O–H groups in total. The second-order valence-corrected chi connectivity index (χ2v) is 4.33. The topological polar surface area (TPSA) is 44.4 Å². The summed E-state index contributed by atoms with van der Waals surface area (Å²) in [5.74, 6) is 0.587. The third kappa shape index (κ3) is 2.07. The standard InChI is InChI=1S/C10H19N3O/c1-8-7-13(5-4-12-8)10(14)9-2-3-11-6-9/h8-9,11-12H,2-7H2,1H3/t8?,9-/m1/s1. The largest absolute Gasteiger partial charge is 0.340 e. The molecule has 0 aliphatic carbocycles. The van der Waals surface area contributed by atoms with Gasteiger partial charge in [0.05, 0.1) is 5.92 Å². The van der Waals surface area contributed by atoms with Gasteiger partial charge in [-0.3, -0.25) is 4.79 Å². The highest BCUT2D eigenvalue weighted by atomic mass is 16.2. The maximum atomic E-state index is 12.0. The number of nitrogens with one attached hydrogen (secondary N) is 2. The second-order valence-electron chi connectivity index (χ2n) is 4.33. The van der Waals surface area contributed by atoms with Gasteiger partial charge in [-0.05, 0) is 19.9 Å². The molecule has 1 amide bonds. The molecule has 0 spiro atoms. The smallest absolute Gasteiger partial charge is 0.227 e. The molecule has 0 radical (unpaired) electrons. The van der Waals surface area contributed by atoms with Crippen LogP contribution in [0.5, 0.6) is 0 Å². The Bertz CT molecular complexity index is 213. The van der Waals surface area contributed by atoms with E-state index in [9.17, 15) is 4.79 Å². The molecular formula is C10H19N3O. The fraction of sp³-hybridized carbons (Fsp3) is 0.900. The van der Waals surface area contributed by atoms with E-state index in [1.807, 2.05) is 4.90 Å². The zero-order valence-electron chi connectivity index (χ0n) is 8.75. The number of carbonyl (C=O) groups is 1. The van der Waals surface area contributed by atoms with Gasteiger partial charge in [0.15, 0.2) is 0 Å². The van der Waals surface area contributed by atoms with Crippen LogP contribution in [-0.2, 0) is 4.79 Å². The molecule has 0 aromatic heterocycles. The van der Waals surface area contributed by atoms with Crippen molar-refractivity contribution in [3.8, 4) is 0 Å². The van der Waals surface area contributed by atoms with E-state index < -0.39 is 0 Å². The van der Waals surface area contributed by atoms with E-state index in [4.69, 9.17) is 0 Å².